The first-order valence-electron chi connectivity index (χ1n) is 11.1. The second-order valence-electron chi connectivity index (χ2n) is 8.05. The van der Waals surface area contributed by atoms with Crippen molar-refractivity contribution in [1.82, 2.24) is 24.8 Å². The first-order chi connectivity index (χ1) is 16.7. The number of carbonyl (C=O) groups is 1. The molecule has 4 heterocycles. The van der Waals surface area contributed by atoms with Crippen LogP contribution in [0.2, 0.25) is 0 Å². The lowest BCUT2D eigenvalue weighted by Gasteiger charge is -2.28. The number of rotatable bonds is 7. The Kier molecular flexibility index (Phi) is 6.31. The average molecular weight is 469 g/mol. The van der Waals surface area contributed by atoms with E-state index in [0.29, 0.717) is 11.7 Å². The zero-order valence-electron chi connectivity index (χ0n) is 18.4. The number of nitrogens with one attached hydrogen (secondary N) is 2. The molecule has 4 aromatic rings. The molecule has 1 saturated heterocycles. The average Bonchev–Trinajstić information content (AvgIpc) is 3.44. The quantitative estimate of drug-likeness (QED) is 0.400. The molecule has 0 aliphatic carbocycles. The van der Waals surface area contributed by atoms with Crippen molar-refractivity contribution >= 4 is 28.9 Å². The second kappa shape index (κ2) is 9.84. The summed E-state index contributed by atoms with van der Waals surface area (Å²) in [5.74, 6) is -0.134. The van der Waals surface area contributed by atoms with Gasteiger partial charge in [-0.15, -0.1) is 0 Å². The SMILES string of the molecule is O=C(CN1C(=S)N[C@@H](c2ccccn2)[C@@H]1c1cccn1Cc1ccccn1)Nc1ccccc1. The molecule has 8 heteroatoms. The third-order valence-corrected chi connectivity index (χ3v) is 6.15. The molecule has 34 heavy (non-hydrogen) atoms. The lowest BCUT2D eigenvalue weighted by molar-refractivity contribution is -0.116. The third kappa shape index (κ3) is 4.67. The number of hydrogen-bond acceptors (Lipinski definition) is 4. The molecule has 1 aliphatic heterocycles. The molecule has 5 rings (SSSR count). The van der Waals surface area contributed by atoms with Gasteiger partial charge in [0.15, 0.2) is 5.11 Å². The fourth-order valence-corrected chi connectivity index (χ4v) is 4.59. The summed E-state index contributed by atoms with van der Waals surface area (Å²) in [5.41, 5.74) is 3.60. The smallest absolute Gasteiger partial charge is 0.244 e. The van der Waals surface area contributed by atoms with Crippen molar-refractivity contribution in [3.8, 4) is 0 Å². The lowest BCUT2D eigenvalue weighted by atomic mass is 10.0. The van der Waals surface area contributed by atoms with Crippen molar-refractivity contribution < 1.29 is 4.79 Å². The van der Waals surface area contributed by atoms with Crippen LogP contribution in [0.4, 0.5) is 5.69 Å². The van der Waals surface area contributed by atoms with Crippen LogP contribution in [0.5, 0.6) is 0 Å². The fourth-order valence-electron chi connectivity index (χ4n) is 4.28. The molecule has 0 unspecified atom stereocenters. The van der Waals surface area contributed by atoms with Crippen molar-refractivity contribution in [2.24, 2.45) is 0 Å². The molecule has 1 aliphatic rings. The zero-order chi connectivity index (χ0) is 23.3. The number of carbonyl (C=O) groups excluding carboxylic acids is 1. The van der Waals surface area contributed by atoms with E-state index < -0.39 is 0 Å². The van der Waals surface area contributed by atoms with Crippen molar-refractivity contribution in [1.29, 1.82) is 0 Å². The van der Waals surface area contributed by atoms with Crippen LogP contribution in [-0.4, -0.2) is 37.0 Å². The molecule has 0 spiro atoms. The summed E-state index contributed by atoms with van der Waals surface area (Å²) in [4.78, 5) is 24.0. The minimum Gasteiger partial charge on any atom is -0.352 e. The van der Waals surface area contributed by atoms with Crippen molar-refractivity contribution in [2.45, 2.75) is 18.6 Å². The summed E-state index contributed by atoms with van der Waals surface area (Å²) in [6.45, 7) is 0.731. The van der Waals surface area contributed by atoms with Crippen LogP contribution < -0.4 is 10.6 Å². The van der Waals surface area contributed by atoms with Crippen LogP contribution in [0.1, 0.15) is 29.2 Å². The van der Waals surface area contributed by atoms with E-state index >= 15 is 0 Å². The Morgan fingerprint density at radius 3 is 2.44 bits per heavy atom. The molecule has 3 aromatic heterocycles. The highest BCUT2D eigenvalue weighted by molar-refractivity contribution is 7.80. The Morgan fingerprint density at radius 2 is 1.71 bits per heavy atom. The van der Waals surface area contributed by atoms with E-state index in [0.717, 1.165) is 22.8 Å². The molecule has 1 amide bonds. The normalized spacial score (nSPS) is 17.4. The highest BCUT2D eigenvalue weighted by Crippen LogP contribution is 2.38. The van der Waals surface area contributed by atoms with Gasteiger partial charge in [0.25, 0.3) is 0 Å². The van der Waals surface area contributed by atoms with Gasteiger partial charge in [0.2, 0.25) is 5.91 Å². The summed E-state index contributed by atoms with van der Waals surface area (Å²) in [5, 5.41) is 6.89. The summed E-state index contributed by atoms with van der Waals surface area (Å²) in [6, 6.07) is 24.8. The number of benzene rings is 1. The highest BCUT2D eigenvalue weighted by atomic mass is 32.1. The number of hydrogen-bond donors (Lipinski definition) is 2. The predicted molar refractivity (Wildman–Crippen MR) is 135 cm³/mol. The Balaban J connectivity index is 1.47. The maximum absolute atomic E-state index is 13.0. The molecule has 7 nitrogen and oxygen atoms in total. The number of amides is 1. The first-order valence-corrected chi connectivity index (χ1v) is 11.5. The molecule has 0 radical (unpaired) electrons. The van der Waals surface area contributed by atoms with Gasteiger partial charge < -0.3 is 20.1 Å². The maximum Gasteiger partial charge on any atom is 0.244 e. The van der Waals surface area contributed by atoms with Gasteiger partial charge >= 0.3 is 0 Å². The van der Waals surface area contributed by atoms with Gasteiger partial charge in [-0.05, 0) is 60.7 Å². The molecule has 170 valence electrons. The van der Waals surface area contributed by atoms with Crippen molar-refractivity contribution in [3.63, 3.8) is 0 Å². The van der Waals surface area contributed by atoms with Crippen LogP contribution in [0.3, 0.4) is 0 Å². The van der Waals surface area contributed by atoms with E-state index in [4.69, 9.17) is 12.2 Å². The van der Waals surface area contributed by atoms with Crippen LogP contribution in [0, 0.1) is 0 Å². The molecule has 0 bridgehead atoms. The number of aromatic nitrogens is 3. The Hall–Kier alpha value is -4.04. The van der Waals surface area contributed by atoms with E-state index in [1.54, 1.807) is 12.4 Å². The predicted octanol–water partition coefficient (Wildman–Crippen LogP) is 3.94. The molecular weight excluding hydrogens is 444 g/mol. The second-order valence-corrected chi connectivity index (χ2v) is 8.44. The van der Waals surface area contributed by atoms with Gasteiger partial charge in [0.05, 0.1) is 30.0 Å². The minimum absolute atomic E-state index is 0.115. The molecule has 1 fully saturated rings. The third-order valence-electron chi connectivity index (χ3n) is 5.80. The molecule has 2 atom stereocenters. The molecule has 2 N–H and O–H groups in total. The van der Waals surface area contributed by atoms with Gasteiger partial charge in [-0.3, -0.25) is 14.8 Å². The van der Waals surface area contributed by atoms with Crippen LogP contribution in [0.25, 0.3) is 0 Å². The van der Waals surface area contributed by atoms with E-state index in [9.17, 15) is 4.79 Å². The largest absolute Gasteiger partial charge is 0.352 e. The number of anilines is 1. The summed E-state index contributed by atoms with van der Waals surface area (Å²) < 4.78 is 2.15. The Labute approximate surface area is 203 Å². The zero-order valence-corrected chi connectivity index (χ0v) is 19.2. The van der Waals surface area contributed by atoms with E-state index in [1.165, 1.54) is 0 Å². The van der Waals surface area contributed by atoms with Gasteiger partial charge in [0, 0.05) is 30.0 Å². The number of pyridine rings is 2. The van der Waals surface area contributed by atoms with Gasteiger partial charge in [-0.1, -0.05) is 30.3 Å². The van der Waals surface area contributed by atoms with E-state index in [1.807, 2.05) is 83.9 Å². The van der Waals surface area contributed by atoms with Gasteiger partial charge in [-0.2, -0.15) is 0 Å². The summed E-state index contributed by atoms with van der Waals surface area (Å²) in [7, 11) is 0. The van der Waals surface area contributed by atoms with E-state index in [-0.39, 0.29) is 24.5 Å². The monoisotopic (exact) mass is 468 g/mol. The van der Waals surface area contributed by atoms with Crippen LogP contribution in [-0.2, 0) is 11.3 Å². The number of thiocarbonyl (C=S) groups is 1. The van der Waals surface area contributed by atoms with Crippen molar-refractivity contribution in [2.75, 3.05) is 11.9 Å². The maximum atomic E-state index is 13.0. The topological polar surface area (TPSA) is 75.1 Å². The van der Waals surface area contributed by atoms with Crippen molar-refractivity contribution in [3.05, 3.63) is 115 Å². The van der Waals surface area contributed by atoms with Gasteiger partial charge in [-0.25, -0.2) is 0 Å². The fraction of sp³-hybridized carbons (Fsp3) is 0.154. The molecule has 1 aromatic carbocycles. The van der Waals surface area contributed by atoms with Crippen LogP contribution in [0.15, 0.2) is 97.5 Å². The van der Waals surface area contributed by atoms with Crippen LogP contribution >= 0.6 is 12.2 Å². The number of para-hydroxylation sites is 1. The molecular formula is C26H24N6OS. The Bertz CT molecular complexity index is 1260. The highest BCUT2D eigenvalue weighted by Gasteiger charge is 2.41. The standard InChI is InChI=1S/C26H24N6OS/c33-23(29-19-9-2-1-3-10-19)18-32-25(24(30-26(32)34)21-12-5-7-15-28-21)22-13-8-16-31(22)17-20-11-4-6-14-27-20/h1-16,24-25H,17-18H2,(H,29,33)(H,30,34)/t24-,25-/m0/s1. The lowest BCUT2D eigenvalue weighted by Crippen LogP contribution is -2.37. The van der Waals surface area contributed by atoms with E-state index in [2.05, 4.69) is 31.2 Å². The minimum atomic E-state index is -0.220. The molecule has 0 saturated carbocycles. The number of nitrogens with zero attached hydrogens (tertiary/aromatic N) is 4. The Morgan fingerprint density at radius 1 is 0.941 bits per heavy atom. The van der Waals surface area contributed by atoms with Gasteiger partial charge in [0.1, 0.15) is 6.54 Å². The summed E-state index contributed by atoms with van der Waals surface area (Å²) >= 11 is 5.71. The first kappa shape index (κ1) is 21.8. The summed E-state index contributed by atoms with van der Waals surface area (Å²) in [6.07, 6.45) is 5.60.